The van der Waals surface area contributed by atoms with E-state index in [1.807, 2.05) is 7.05 Å². The topological polar surface area (TPSA) is 41.6 Å². The van der Waals surface area contributed by atoms with E-state index in [0.717, 1.165) is 18.7 Å². The van der Waals surface area contributed by atoms with Crippen molar-refractivity contribution >= 4 is 5.91 Å². The van der Waals surface area contributed by atoms with Crippen molar-refractivity contribution in [3.63, 3.8) is 0 Å². The van der Waals surface area contributed by atoms with Gasteiger partial charge in [0.05, 0.1) is 19.1 Å². The third-order valence-corrected chi connectivity index (χ3v) is 3.90. The van der Waals surface area contributed by atoms with Crippen LogP contribution in [-0.2, 0) is 16.1 Å². The molecule has 1 aliphatic heterocycles. The summed E-state index contributed by atoms with van der Waals surface area (Å²) < 4.78 is 5.58. The average Bonchev–Trinajstić information content (AvgIpc) is 2.48. The minimum Gasteiger partial charge on any atom is -0.375 e. The van der Waals surface area contributed by atoms with Gasteiger partial charge in [0.2, 0.25) is 5.91 Å². The van der Waals surface area contributed by atoms with Crippen LogP contribution in [0.25, 0.3) is 0 Å². The summed E-state index contributed by atoms with van der Waals surface area (Å²) in [5.41, 5.74) is 2.49. The first-order valence-electron chi connectivity index (χ1n) is 7.71. The Morgan fingerprint density at radius 3 is 2.67 bits per heavy atom. The van der Waals surface area contributed by atoms with Gasteiger partial charge in [0.25, 0.3) is 0 Å². The van der Waals surface area contributed by atoms with Gasteiger partial charge in [0.15, 0.2) is 0 Å². The predicted molar refractivity (Wildman–Crippen MR) is 84.2 cm³/mol. The maximum absolute atomic E-state index is 12.2. The summed E-state index contributed by atoms with van der Waals surface area (Å²) >= 11 is 0. The molecule has 4 heteroatoms. The van der Waals surface area contributed by atoms with E-state index in [9.17, 15) is 4.79 Å². The zero-order valence-corrected chi connectivity index (χ0v) is 13.3. The van der Waals surface area contributed by atoms with Gasteiger partial charge in [-0.3, -0.25) is 4.79 Å². The molecule has 0 radical (unpaired) electrons. The highest BCUT2D eigenvalue weighted by atomic mass is 16.5. The summed E-state index contributed by atoms with van der Waals surface area (Å²) in [6.07, 6.45) is 0.463. The van der Waals surface area contributed by atoms with Crippen molar-refractivity contribution in [2.75, 3.05) is 26.7 Å². The molecule has 1 unspecified atom stereocenters. The number of hydrogen-bond acceptors (Lipinski definition) is 3. The number of amides is 1. The molecule has 2 rings (SSSR count). The SMILES string of the molecule is CC(C)c1ccc(CN(C)C(=O)CC2CNCCO2)cc1. The van der Waals surface area contributed by atoms with E-state index in [1.165, 1.54) is 5.56 Å². The Balaban J connectivity index is 1.84. The van der Waals surface area contributed by atoms with Crippen LogP contribution in [0.3, 0.4) is 0 Å². The van der Waals surface area contributed by atoms with Gasteiger partial charge in [-0.2, -0.15) is 0 Å². The van der Waals surface area contributed by atoms with Crippen molar-refractivity contribution in [1.82, 2.24) is 10.2 Å². The van der Waals surface area contributed by atoms with Crippen molar-refractivity contribution in [1.29, 1.82) is 0 Å². The molecule has 0 aromatic heterocycles. The molecule has 1 amide bonds. The van der Waals surface area contributed by atoms with Crippen LogP contribution in [0.1, 0.15) is 37.3 Å². The fourth-order valence-electron chi connectivity index (χ4n) is 2.47. The Bertz CT molecular complexity index is 450. The molecular formula is C17H26N2O2. The monoisotopic (exact) mass is 290 g/mol. The second-order valence-corrected chi connectivity index (χ2v) is 6.05. The third-order valence-electron chi connectivity index (χ3n) is 3.90. The quantitative estimate of drug-likeness (QED) is 0.903. The molecule has 1 N–H and O–H groups in total. The van der Waals surface area contributed by atoms with Gasteiger partial charge in [-0.1, -0.05) is 38.1 Å². The first-order valence-corrected chi connectivity index (χ1v) is 7.71. The molecule has 1 aromatic carbocycles. The summed E-state index contributed by atoms with van der Waals surface area (Å²) in [4.78, 5) is 14.0. The van der Waals surface area contributed by atoms with Crippen LogP contribution >= 0.6 is 0 Å². The number of nitrogens with one attached hydrogen (secondary N) is 1. The first-order chi connectivity index (χ1) is 10.1. The number of benzene rings is 1. The van der Waals surface area contributed by atoms with E-state index >= 15 is 0 Å². The highest BCUT2D eigenvalue weighted by molar-refractivity contribution is 5.76. The standard InChI is InChI=1S/C17H26N2O2/c1-13(2)15-6-4-14(5-7-15)12-19(3)17(20)10-16-11-18-8-9-21-16/h4-7,13,16,18H,8-12H2,1-3H3. The van der Waals surface area contributed by atoms with Crippen molar-refractivity contribution in [3.8, 4) is 0 Å². The van der Waals surface area contributed by atoms with E-state index in [-0.39, 0.29) is 12.0 Å². The van der Waals surface area contributed by atoms with Crippen molar-refractivity contribution in [2.24, 2.45) is 0 Å². The molecule has 4 nitrogen and oxygen atoms in total. The normalized spacial score (nSPS) is 18.8. The largest absolute Gasteiger partial charge is 0.375 e. The number of ether oxygens (including phenoxy) is 1. The lowest BCUT2D eigenvalue weighted by molar-refractivity contribution is -0.133. The molecule has 1 aromatic rings. The zero-order valence-electron chi connectivity index (χ0n) is 13.3. The van der Waals surface area contributed by atoms with Crippen molar-refractivity contribution in [2.45, 2.75) is 38.8 Å². The van der Waals surface area contributed by atoms with Crippen LogP contribution in [-0.4, -0.2) is 43.7 Å². The van der Waals surface area contributed by atoms with Gasteiger partial charge in [-0.15, -0.1) is 0 Å². The minimum absolute atomic E-state index is 0.0111. The van der Waals surface area contributed by atoms with E-state index in [4.69, 9.17) is 4.74 Å². The maximum atomic E-state index is 12.2. The van der Waals surface area contributed by atoms with E-state index in [2.05, 4.69) is 43.4 Å². The smallest absolute Gasteiger partial charge is 0.225 e. The zero-order chi connectivity index (χ0) is 15.2. The fourth-order valence-corrected chi connectivity index (χ4v) is 2.47. The molecule has 116 valence electrons. The molecule has 0 bridgehead atoms. The lowest BCUT2D eigenvalue weighted by Crippen LogP contribution is -2.41. The highest BCUT2D eigenvalue weighted by Crippen LogP contribution is 2.16. The summed E-state index contributed by atoms with van der Waals surface area (Å²) in [5.74, 6) is 0.672. The molecule has 1 fully saturated rings. The molecule has 21 heavy (non-hydrogen) atoms. The van der Waals surface area contributed by atoms with Crippen LogP contribution in [0, 0.1) is 0 Å². The Labute approximate surface area is 127 Å². The average molecular weight is 290 g/mol. The fraction of sp³-hybridized carbons (Fsp3) is 0.588. The number of carbonyl (C=O) groups is 1. The number of rotatable bonds is 5. The molecule has 0 aliphatic carbocycles. The Kier molecular flexibility index (Phi) is 5.76. The van der Waals surface area contributed by atoms with Crippen LogP contribution in [0.2, 0.25) is 0 Å². The molecule has 0 saturated carbocycles. The van der Waals surface area contributed by atoms with Crippen LogP contribution in [0.15, 0.2) is 24.3 Å². The van der Waals surface area contributed by atoms with Gasteiger partial charge in [0.1, 0.15) is 0 Å². The number of carbonyl (C=O) groups excluding carboxylic acids is 1. The molecule has 1 heterocycles. The summed E-state index contributed by atoms with van der Waals surface area (Å²) in [5, 5.41) is 3.25. The number of morpholine rings is 1. The van der Waals surface area contributed by atoms with Gasteiger partial charge >= 0.3 is 0 Å². The third kappa shape index (κ3) is 4.83. The lowest BCUT2D eigenvalue weighted by Gasteiger charge is -2.25. The van der Waals surface area contributed by atoms with Gasteiger partial charge in [0, 0.05) is 26.7 Å². The maximum Gasteiger partial charge on any atom is 0.225 e. The van der Waals surface area contributed by atoms with Crippen LogP contribution in [0.4, 0.5) is 0 Å². The molecule has 1 aliphatic rings. The second-order valence-electron chi connectivity index (χ2n) is 6.05. The number of nitrogens with zero attached hydrogens (tertiary/aromatic N) is 1. The van der Waals surface area contributed by atoms with Crippen molar-refractivity contribution in [3.05, 3.63) is 35.4 Å². The Morgan fingerprint density at radius 2 is 2.10 bits per heavy atom. The molecule has 0 spiro atoms. The van der Waals surface area contributed by atoms with Gasteiger partial charge < -0.3 is 15.0 Å². The molecular weight excluding hydrogens is 264 g/mol. The van der Waals surface area contributed by atoms with Crippen LogP contribution in [0.5, 0.6) is 0 Å². The Morgan fingerprint density at radius 1 is 1.38 bits per heavy atom. The summed E-state index contributed by atoms with van der Waals surface area (Å²) in [6, 6.07) is 8.51. The van der Waals surface area contributed by atoms with E-state index < -0.39 is 0 Å². The lowest BCUT2D eigenvalue weighted by atomic mass is 10.0. The van der Waals surface area contributed by atoms with Gasteiger partial charge in [-0.05, 0) is 17.0 Å². The van der Waals surface area contributed by atoms with E-state index in [0.29, 0.717) is 25.5 Å². The molecule has 1 saturated heterocycles. The predicted octanol–water partition coefficient (Wildman–Crippen LogP) is 2.15. The summed E-state index contributed by atoms with van der Waals surface area (Å²) in [6.45, 7) is 7.35. The molecule has 1 atom stereocenters. The van der Waals surface area contributed by atoms with Crippen LogP contribution < -0.4 is 5.32 Å². The van der Waals surface area contributed by atoms with Gasteiger partial charge in [-0.25, -0.2) is 0 Å². The Hall–Kier alpha value is -1.39. The first kappa shape index (κ1) is 16.0. The minimum atomic E-state index is 0.0111. The van der Waals surface area contributed by atoms with E-state index in [1.54, 1.807) is 4.90 Å². The second kappa shape index (κ2) is 7.57. The summed E-state index contributed by atoms with van der Waals surface area (Å²) in [7, 11) is 1.86. The highest BCUT2D eigenvalue weighted by Gasteiger charge is 2.19. The number of hydrogen-bond donors (Lipinski definition) is 1. The van der Waals surface area contributed by atoms with Crippen molar-refractivity contribution < 1.29 is 9.53 Å².